The molecule has 1 aliphatic heterocycles. The van der Waals surface area contributed by atoms with Crippen molar-refractivity contribution in [1.82, 2.24) is 30.1 Å². The molecule has 0 unspecified atom stereocenters. The number of guanidine groups is 1. The number of likely N-dealkylation sites (tertiary alicyclic amines) is 1. The van der Waals surface area contributed by atoms with Gasteiger partial charge in [0.25, 0.3) is 0 Å². The van der Waals surface area contributed by atoms with Gasteiger partial charge < -0.3 is 15.5 Å². The zero-order chi connectivity index (χ0) is 19.9. The van der Waals surface area contributed by atoms with Gasteiger partial charge in [-0.3, -0.25) is 14.2 Å². The number of aliphatic imine (C=N–C) groups is 1. The van der Waals surface area contributed by atoms with Gasteiger partial charge in [-0.2, -0.15) is 0 Å². The minimum Gasteiger partial charge on any atom is -0.357 e. The van der Waals surface area contributed by atoms with Crippen LogP contribution in [0.4, 0.5) is 0 Å². The van der Waals surface area contributed by atoms with Crippen molar-refractivity contribution in [2.24, 2.45) is 10.9 Å². The Kier molecular flexibility index (Phi) is 9.12. The zero-order valence-electron chi connectivity index (χ0n) is 17.5. The zero-order valence-corrected chi connectivity index (χ0v) is 19.8. The highest BCUT2D eigenvalue weighted by molar-refractivity contribution is 14.0. The molecule has 1 aliphatic rings. The molecule has 2 N–H and O–H groups in total. The smallest absolute Gasteiger partial charge is 0.225 e. The van der Waals surface area contributed by atoms with Crippen LogP contribution in [0.25, 0.3) is 5.65 Å². The number of carbonyl (C=O) groups is 1. The topological polar surface area (TPSA) is 86.9 Å². The Balaban J connectivity index is 0.00000300. The second-order valence-electron chi connectivity index (χ2n) is 7.45. The number of halogens is 1. The summed E-state index contributed by atoms with van der Waals surface area (Å²) in [6, 6.07) is 6.22. The van der Waals surface area contributed by atoms with E-state index in [4.69, 9.17) is 4.99 Å². The van der Waals surface area contributed by atoms with E-state index in [-0.39, 0.29) is 35.8 Å². The predicted molar refractivity (Wildman–Crippen MR) is 126 cm³/mol. The second-order valence-corrected chi connectivity index (χ2v) is 7.45. The molecule has 0 atom stereocenters. The molecular weight excluding hydrogens is 481 g/mol. The monoisotopic (exact) mass is 513 g/mol. The quantitative estimate of drug-likeness (QED) is 0.351. The molecule has 1 amide bonds. The molecular formula is C20H32IN7O. The number of fused-ring (bicyclic) bond motifs is 1. The number of nitrogens with zero attached hydrogens (tertiary/aromatic N) is 5. The number of hydrogen-bond donors (Lipinski definition) is 2. The Morgan fingerprint density at radius 3 is 2.72 bits per heavy atom. The fraction of sp³-hybridized carbons (Fsp3) is 0.600. The highest BCUT2D eigenvalue weighted by Crippen LogP contribution is 2.13. The standard InChI is InChI=1S/C20H31N7O.HI/c1-4-21-20(23-16-9-13-26(14-10-16)19(28)15(2)3)22-11-8-18-25-24-17-7-5-6-12-27(17)18;/h5-7,12,15-16H,4,8-11,13-14H2,1-3H3,(H2,21,22,23);1H. The van der Waals surface area contributed by atoms with Gasteiger partial charge in [0.15, 0.2) is 11.6 Å². The molecule has 1 saturated heterocycles. The lowest BCUT2D eigenvalue weighted by Crippen LogP contribution is -2.50. The third-order valence-corrected chi connectivity index (χ3v) is 4.98. The van der Waals surface area contributed by atoms with Gasteiger partial charge in [0.1, 0.15) is 5.82 Å². The Bertz CT molecular complexity index is 812. The van der Waals surface area contributed by atoms with Crippen molar-refractivity contribution in [3.63, 3.8) is 0 Å². The number of piperidine rings is 1. The van der Waals surface area contributed by atoms with Crippen LogP contribution in [0.5, 0.6) is 0 Å². The predicted octanol–water partition coefficient (Wildman–Crippen LogP) is 2.09. The Morgan fingerprint density at radius 2 is 2.03 bits per heavy atom. The van der Waals surface area contributed by atoms with Gasteiger partial charge in [-0.25, -0.2) is 0 Å². The molecule has 2 aromatic heterocycles. The summed E-state index contributed by atoms with van der Waals surface area (Å²) in [4.78, 5) is 18.8. The lowest BCUT2D eigenvalue weighted by atomic mass is 10.0. The van der Waals surface area contributed by atoms with Crippen LogP contribution >= 0.6 is 24.0 Å². The second kappa shape index (κ2) is 11.3. The maximum absolute atomic E-state index is 12.1. The van der Waals surface area contributed by atoms with E-state index in [2.05, 4.69) is 27.8 Å². The first kappa shape index (κ1) is 23.4. The van der Waals surface area contributed by atoms with Crippen LogP contribution in [-0.4, -0.2) is 63.6 Å². The third-order valence-electron chi connectivity index (χ3n) is 4.98. The fourth-order valence-electron chi connectivity index (χ4n) is 3.45. The first-order valence-electron chi connectivity index (χ1n) is 10.2. The molecule has 160 valence electrons. The van der Waals surface area contributed by atoms with Crippen LogP contribution < -0.4 is 10.6 Å². The van der Waals surface area contributed by atoms with E-state index in [1.165, 1.54) is 0 Å². The molecule has 3 heterocycles. The van der Waals surface area contributed by atoms with E-state index in [0.29, 0.717) is 12.6 Å². The van der Waals surface area contributed by atoms with E-state index < -0.39 is 0 Å². The van der Waals surface area contributed by atoms with Crippen molar-refractivity contribution in [3.05, 3.63) is 30.2 Å². The van der Waals surface area contributed by atoms with Crippen LogP contribution in [0.1, 0.15) is 39.4 Å². The summed E-state index contributed by atoms with van der Waals surface area (Å²) in [5.74, 6) is 2.05. The maximum Gasteiger partial charge on any atom is 0.225 e. The Morgan fingerprint density at radius 1 is 1.28 bits per heavy atom. The van der Waals surface area contributed by atoms with E-state index in [1.807, 2.05) is 47.5 Å². The lowest BCUT2D eigenvalue weighted by molar-refractivity contribution is -0.135. The van der Waals surface area contributed by atoms with Gasteiger partial charge in [0.2, 0.25) is 5.91 Å². The first-order valence-corrected chi connectivity index (χ1v) is 10.2. The summed E-state index contributed by atoms with van der Waals surface area (Å²) < 4.78 is 2.00. The number of rotatable bonds is 6. The van der Waals surface area contributed by atoms with Crippen LogP contribution in [0.2, 0.25) is 0 Å². The summed E-state index contributed by atoms with van der Waals surface area (Å²) in [7, 11) is 0. The van der Waals surface area contributed by atoms with Crippen LogP contribution in [0.15, 0.2) is 29.4 Å². The van der Waals surface area contributed by atoms with E-state index in [0.717, 1.165) is 56.3 Å². The van der Waals surface area contributed by atoms with Crippen molar-refractivity contribution < 1.29 is 4.79 Å². The third kappa shape index (κ3) is 6.28. The highest BCUT2D eigenvalue weighted by Gasteiger charge is 2.24. The molecule has 0 spiro atoms. The molecule has 1 fully saturated rings. The first-order chi connectivity index (χ1) is 13.6. The number of amides is 1. The van der Waals surface area contributed by atoms with Gasteiger partial charge in [-0.15, -0.1) is 34.2 Å². The van der Waals surface area contributed by atoms with E-state index >= 15 is 0 Å². The van der Waals surface area contributed by atoms with Gasteiger partial charge in [-0.05, 0) is 31.9 Å². The molecule has 0 saturated carbocycles. The van der Waals surface area contributed by atoms with Crippen molar-refractivity contribution in [1.29, 1.82) is 0 Å². The van der Waals surface area contributed by atoms with Gasteiger partial charge in [0.05, 0.1) is 0 Å². The van der Waals surface area contributed by atoms with Crippen LogP contribution in [-0.2, 0) is 11.2 Å². The summed E-state index contributed by atoms with van der Waals surface area (Å²) in [5, 5.41) is 15.3. The number of hydrogen-bond acceptors (Lipinski definition) is 4. The number of aromatic nitrogens is 3. The number of carbonyl (C=O) groups excluding carboxylic acids is 1. The van der Waals surface area contributed by atoms with Crippen LogP contribution in [0, 0.1) is 5.92 Å². The largest absolute Gasteiger partial charge is 0.357 e. The Hall–Kier alpha value is -1.91. The molecule has 0 aromatic carbocycles. The minimum absolute atomic E-state index is 0. The van der Waals surface area contributed by atoms with Crippen molar-refractivity contribution >= 4 is 41.5 Å². The van der Waals surface area contributed by atoms with Crippen molar-refractivity contribution in [2.45, 2.75) is 46.1 Å². The summed E-state index contributed by atoms with van der Waals surface area (Å²) in [6.07, 6.45) is 4.59. The molecule has 0 aliphatic carbocycles. The lowest BCUT2D eigenvalue weighted by Gasteiger charge is -2.34. The number of nitrogens with one attached hydrogen (secondary N) is 2. The molecule has 9 heteroatoms. The average Bonchev–Trinajstić information content (AvgIpc) is 3.11. The van der Waals surface area contributed by atoms with E-state index in [9.17, 15) is 4.79 Å². The number of pyridine rings is 1. The molecule has 29 heavy (non-hydrogen) atoms. The molecule has 8 nitrogen and oxygen atoms in total. The molecule has 2 aromatic rings. The Labute approximate surface area is 189 Å². The molecule has 3 rings (SSSR count). The normalized spacial score (nSPS) is 15.4. The van der Waals surface area contributed by atoms with Crippen molar-refractivity contribution in [2.75, 3.05) is 26.2 Å². The van der Waals surface area contributed by atoms with Gasteiger partial charge in [-0.1, -0.05) is 19.9 Å². The SMILES string of the molecule is CCNC(=NCCc1nnc2ccccn12)NC1CCN(C(=O)C(C)C)CC1.I. The average molecular weight is 513 g/mol. The van der Waals surface area contributed by atoms with Crippen molar-refractivity contribution in [3.8, 4) is 0 Å². The van der Waals surface area contributed by atoms with E-state index in [1.54, 1.807) is 0 Å². The molecule has 0 radical (unpaired) electrons. The maximum atomic E-state index is 12.1. The summed E-state index contributed by atoms with van der Waals surface area (Å²) in [5.41, 5.74) is 0.856. The summed E-state index contributed by atoms with van der Waals surface area (Å²) in [6.45, 7) is 9.04. The van der Waals surface area contributed by atoms with Crippen LogP contribution in [0.3, 0.4) is 0 Å². The van der Waals surface area contributed by atoms with Gasteiger partial charge >= 0.3 is 0 Å². The highest BCUT2D eigenvalue weighted by atomic mass is 127. The van der Waals surface area contributed by atoms with Gasteiger partial charge in [0, 0.05) is 50.8 Å². The minimum atomic E-state index is 0. The fourth-order valence-corrected chi connectivity index (χ4v) is 3.45. The summed E-state index contributed by atoms with van der Waals surface area (Å²) >= 11 is 0. The molecule has 0 bridgehead atoms.